The molecule has 3 aromatic rings. The van der Waals surface area contributed by atoms with Crippen molar-refractivity contribution in [2.75, 3.05) is 7.11 Å². The number of benzene rings is 1. The second-order valence-electron chi connectivity index (χ2n) is 6.04. The quantitative estimate of drug-likeness (QED) is 0.800. The molecule has 1 N–H and O–H groups in total. The average molecular weight is 325 g/mol. The van der Waals surface area contributed by atoms with Crippen LogP contribution in [0.15, 0.2) is 41.1 Å². The summed E-state index contributed by atoms with van der Waals surface area (Å²) >= 11 is 0. The van der Waals surface area contributed by atoms with Crippen LogP contribution < -0.4 is 5.32 Å². The van der Waals surface area contributed by atoms with E-state index in [4.69, 9.17) is 9.15 Å². The van der Waals surface area contributed by atoms with Crippen LogP contribution >= 0.6 is 0 Å². The van der Waals surface area contributed by atoms with Crippen molar-refractivity contribution >= 4 is 16.9 Å². The molecule has 24 heavy (non-hydrogen) atoms. The first-order valence-corrected chi connectivity index (χ1v) is 8.06. The summed E-state index contributed by atoms with van der Waals surface area (Å²) in [6.07, 6.45) is 5.49. The van der Waals surface area contributed by atoms with E-state index < -0.39 is 0 Å². The van der Waals surface area contributed by atoms with Crippen LogP contribution in [0.4, 0.5) is 0 Å². The van der Waals surface area contributed by atoms with Crippen LogP contribution in [0.3, 0.4) is 0 Å². The Morgan fingerprint density at radius 1 is 1.46 bits per heavy atom. The molecule has 1 aromatic carbocycles. The van der Waals surface area contributed by atoms with Crippen molar-refractivity contribution in [3.63, 3.8) is 0 Å². The van der Waals surface area contributed by atoms with Crippen LogP contribution in [0, 0.1) is 0 Å². The number of para-hydroxylation sites is 1. The van der Waals surface area contributed by atoms with Crippen molar-refractivity contribution in [2.45, 2.75) is 32.0 Å². The van der Waals surface area contributed by atoms with E-state index >= 15 is 0 Å². The standard InChI is InChI=1S/C18H19N3O3/c1-23-11-14-13-4-2-3-5-15(13)24-17(14)18(22)20-12-6-7-16-19-8-9-21(16)10-12/h2-5,8-9,12H,6-7,10-11H2,1H3,(H,20,22)/t12-/m0/s1. The third-order valence-corrected chi connectivity index (χ3v) is 4.46. The third-order valence-electron chi connectivity index (χ3n) is 4.46. The number of fused-ring (bicyclic) bond motifs is 2. The summed E-state index contributed by atoms with van der Waals surface area (Å²) < 4.78 is 13.1. The Morgan fingerprint density at radius 3 is 3.21 bits per heavy atom. The molecule has 0 spiro atoms. The van der Waals surface area contributed by atoms with E-state index in [1.165, 1.54) is 0 Å². The number of imidazole rings is 1. The minimum absolute atomic E-state index is 0.0720. The van der Waals surface area contributed by atoms with Crippen LogP contribution in [0.1, 0.15) is 28.4 Å². The molecule has 3 heterocycles. The van der Waals surface area contributed by atoms with Crippen molar-refractivity contribution in [1.29, 1.82) is 0 Å². The fourth-order valence-electron chi connectivity index (χ4n) is 3.31. The molecule has 0 fully saturated rings. The molecule has 1 aliphatic heterocycles. The van der Waals surface area contributed by atoms with Gasteiger partial charge >= 0.3 is 0 Å². The normalized spacial score (nSPS) is 17.0. The van der Waals surface area contributed by atoms with Gasteiger partial charge in [0.05, 0.1) is 6.61 Å². The van der Waals surface area contributed by atoms with Crippen LogP contribution in [-0.2, 0) is 24.3 Å². The highest BCUT2D eigenvalue weighted by Crippen LogP contribution is 2.27. The van der Waals surface area contributed by atoms with Crippen LogP contribution in [0.2, 0.25) is 0 Å². The van der Waals surface area contributed by atoms with Gasteiger partial charge in [-0.05, 0) is 12.5 Å². The fraction of sp³-hybridized carbons (Fsp3) is 0.333. The van der Waals surface area contributed by atoms with Gasteiger partial charge < -0.3 is 19.0 Å². The molecule has 4 rings (SSSR count). The lowest BCUT2D eigenvalue weighted by Crippen LogP contribution is -2.41. The Labute approximate surface area is 139 Å². The average Bonchev–Trinajstić information content (AvgIpc) is 3.20. The Kier molecular flexibility index (Phi) is 3.82. The Morgan fingerprint density at radius 2 is 2.33 bits per heavy atom. The molecule has 1 aliphatic rings. The lowest BCUT2D eigenvalue weighted by Gasteiger charge is -2.24. The number of furan rings is 1. The topological polar surface area (TPSA) is 69.3 Å². The lowest BCUT2D eigenvalue weighted by atomic mass is 10.1. The molecule has 1 atom stereocenters. The predicted octanol–water partition coefficient (Wildman–Crippen LogP) is 2.52. The number of amides is 1. The molecular weight excluding hydrogens is 306 g/mol. The summed E-state index contributed by atoms with van der Waals surface area (Å²) in [5.74, 6) is 1.23. The van der Waals surface area contributed by atoms with Gasteiger partial charge in [-0.1, -0.05) is 18.2 Å². The summed E-state index contributed by atoms with van der Waals surface area (Å²) in [6.45, 7) is 1.08. The molecule has 0 radical (unpaired) electrons. The zero-order chi connectivity index (χ0) is 16.5. The molecule has 6 heteroatoms. The van der Waals surface area contributed by atoms with E-state index in [0.717, 1.165) is 36.2 Å². The molecule has 6 nitrogen and oxygen atoms in total. The first kappa shape index (κ1) is 15.0. The zero-order valence-electron chi connectivity index (χ0n) is 13.5. The number of rotatable bonds is 4. The summed E-state index contributed by atoms with van der Waals surface area (Å²) in [6, 6.07) is 7.71. The number of carbonyl (C=O) groups excluding carboxylic acids is 1. The number of carbonyl (C=O) groups is 1. The number of hydrogen-bond acceptors (Lipinski definition) is 4. The maximum Gasteiger partial charge on any atom is 0.287 e. The molecule has 1 amide bonds. The molecule has 0 unspecified atom stereocenters. The van der Waals surface area contributed by atoms with E-state index in [1.54, 1.807) is 13.3 Å². The van der Waals surface area contributed by atoms with Gasteiger partial charge in [0.2, 0.25) is 0 Å². The van der Waals surface area contributed by atoms with E-state index in [-0.39, 0.29) is 11.9 Å². The minimum atomic E-state index is -0.188. The highest BCUT2D eigenvalue weighted by molar-refractivity contribution is 5.99. The van der Waals surface area contributed by atoms with Gasteiger partial charge in [0.25, 0.3) is 5.91 Å². The lowest BCUT2D eigenvalue weighted by molar-refractivity contribution is 0.0895. The first-order chi connectivity index (χ1) is 11.8. The highest BCUT2D eigenvalue weighted by Gasteiger charge is 2.25. The van der Waals surface area contributed by atoms with Crippen LogP contribution in [0.25, 0.3) is 11.0 Å². The van der Waals surface area contributed by atoms with Crippen molar-refractivity contribution in [3.8, 4) is 0 Å². The number of hydrogen-bond donors (Lipinski definition) is 1. The Balaban J connectivity index is 1.58. The summed E-state index contributed by atoms with van der Waals surface area (Å²) in [5.41, 5.74) is 1.50. The van der Waals surface area contributed by atoms with Crippen LogP contribution in [-0.4, -0.2) is 28.6 Å². The van der Waals surface area contributed by atoms with Gasteiger partial charge in [-0.2, -0.15) is 0 Å². The zero-order valence-corrected chi connectivity index (χ0v) is 13.5. The number of nitrogens with one attached hydrogen (secondary N) is 1. The SMILES string of the molecule is COCc1c(C(=O)N[C@H]2CCc3nccn3C2)oc2ccccc12. The van der Waals surface area contributed by atoms with Gasteiger partial charge in [-0.15, -0.1) is 0 Å². The molecule has 2 aromatic heterocycles. The van der Waals surface area contributed by atoms with Gasteiger partial charge in [-0.25, -0.2) is 4.98 Å². The smallest absolute Gasteiger partial charge is 0.287 e. The predicted molar refractivity (Wildman–Crippen MR) is 88.7 cm³/mol. The van der Waals surface area contributed by atoms with E-state index in [1.807, 2.05) is 30.5 Å². The highest BCUT2D eigenvalue weighted by atomic mass is 16.5. The molecular formula is C18H19N3O3. The molecule has 0 saturated carbocycles. The van der Waals surface area contributed by atoms with Crippen molar-refractivity contribution in [2.24, 2.45) is 0 Å². The third kappa shape index (κ3) is 2.59. The Bertz CT molecular complexity index is 881. The number of aryl methyl sites for hydroxylation is 1. The summed E-state index contributed by atoms with van der Waals surface area (Å²) in [4.78, 5) is 17.1. The monoisotopic (exact) mass is 325 g/mol. The first-order valence-electron chi connectivity index (χ1n) is 8.06. The largest absolute Gasteiger partial charge is 0.451 e. The van der Waals surface area contributed by atoms with Crippen molar-refractivity contribution in [3.05, 3.63) is 53.8 Å². The fourth-order valence-corrected chi connectivity index (χ4v) is 3.31. The molecule has 0 saturated heterocycles. The summed E-state index contributed by atoms with van der Waals surface area (Å²) in [7, 11) is 1.62. The van der Waals surface area contributed by atoms with Gasteiger partial charge in [0.15, 0.2) is 5.76 Å². The second-order valence-corrected chi connectivity index (χ2v) is 6.04. The maximum absolute atomic E-state index is 12.7. The maximum atomic E-state index is 12.7. The molecule has 124 valence electrons. The van der Waals surface area contributed by atoms with E-state index in [2.05, 4.69) is 14.9 Å². The number of ether oxygens (including phenoxy) is 1. The van der Waals surface area contributed by atoms with E-state index in [0.29, 0.717) is 18.0 Å². The van der Waals surface area contributed by atoms with Gasteiger partial charge in [0.1, 0.15) is 11.4 Å². The van der Waals surface area contributed by atoms with Crippen molar-refractivity contribution in [1.82, 2.24) is 14.9 Å². The number of methoxy groups -OCH3 is 1. The second kappa shape index (κ2) is 6.13. The minimum Gasteiger partial charge on any atom is -0.451 e. The molecule has 0 aliphatic carbocycles. The number of aromatic nitrogens is 2. The van der Waals surface area contributed by atoms with E-state index in [9.17, 15) is 4.79 Å². The summed E-state index contributed by atoms with van der Waals surface area (Å²) in [5, 5.41) is 4.01. The van der Waals surface area contributed by atoms with Gasteiger partial charge in [0, 0.05) is 49.5 Å². The van der Waals surface area contributed by atoms with Crippen molar-refractivity contribution < 1.29 is 13.9 Å². The number of nitrogens with zero attached hydrogens (tertiary/aromatic N) is 2. The van der Waals surface area contributed by atoms with Gasteiger partial charge in [-0.3, -0.25) is 4.79 Å². The molecule has 0 bridgehead atoms. The Hall–Kier alpha value is -2.60. The van der Waals surface area contributed by atoms with Crippen LogP contribution in [0.5, 0.6) is 0 Å².